The van der Waals surface area contributed by atoms with Gasteiger partial charge in [-0.15, -0.1) is 0 Å². The minimum absolute atomic E-state index is 0.139. The predicted molar refractivity (Wildman–Crippen MR) is 133 cm³/mol. The molecule has 1 aliphatic rings. The highest BCUT2D eigenvalue weighted by Crippen LogP contribution is 2.27. The molecule has 36 heavy (non-hydrogen) atoms. The van der Waals surface area contributed by atoms with Gasteiger partial charge in [-0.05, 0) is 18.1 Å². The zero-order valence-electron chi connectivity index (χ0n) is 19.7. The molecule has 188 valence electrons. The number of urea groups is 1. The number of aromatic nitrogens is 1. The van der Waals surface area contributed by atoms with Crippen LogP contribution in [0.25, 0.3) is 10.9 Å². The second-order valence-corrected chi connectivity index (χ2v) is 8.64. The Morgan fingerprint density at radius 1 is 1.08 bits per heavy atom. The molecule has 1 fully saturated rings. The number of carbonyl (C=O) groups is 4. The van der Waals surface area contributed by atoms with Gasteiger partial charge in [0.05, 0.1) is 18.3 Å². The molecular formula is C25H28N6O5. The quantitative estimate of drug-likeness (QED) is 0.380. The normalized spacial score (nSPS) is 18.0. The molecule has 2 aromatic carbocycles. The first-order chi connectivity index (χ1) is 17.3. The number of amides is 4. The number of fused-ring (bicyclic) bond motifs is 1. The van der Waals surface area contributed by atoms with Crippen molar-refractivity contribution in [3.8, 4) is 0 Å². The summed E-state index contributed by atoms with van der Waals surface area (Å²) >= 11 is 0. The van der Waals surface area contributed by atoms with E-state index in [9.17, 15) is 19.2 Å². The van der Waals surface area contributed by atoms with Crippen molar-refractivity contribution in [3.63, 3.8) is 0 Å². The SMILES string of the molecule is COC(=O)C(Cc1ccccc1)NC(=O)[C@@H]1C[C@H](N)CN1C(=O)Nc1cn(C(N)=O)c2ccccc12. The van der Waals surface area contributed by atoms with Crippen molar-refractivity contribution in [1.29, 1.82) is 0 Å². The minimum Gasteiger partial charge on any atom is -0.467 e. The molecule has 3 atom stereocenters. The molecule has 1 saturated heterocycles. The molecule has 0 aliphatic carbocycles. The summed E-state index contributed by atoms with van der Waals surface area (Å²) in [7, 11) is 1.25. The molecule has 6 N–H and O–H groups in total. The third-order valence-corrected chi connectivity index (χ3v) is 6.17. The fraction of sp³-hybridized carbons (Fsp3) is 0.280. The van der Waals surface area contributed by atoms with Crippen LogP contribution in [-0.4, -0.2) is 65.2 Å². The summed E-state index contributed by atoms with van der Waals surface area (Å²) in [6, 6.07) is 12.7. The van der Waals surface area contributed by atoms with Crippen molar-refractivity contribution < 1.29 is 23.9 Å². The zero-order valence-corrected chi connectivity index (χ0v) is 19.7. The molecule has 3 aromatic rings. The Balaban J connectivity index is 1.52. The number of benzene rings is 2. The van der Waals surface area contributed by atoms with Gasteiger partial charge in [-0.3, -0.25) is 9.36 Å². The molecule has 2 heterocycles. The van der Waals surface area contributed by atoms with Gasteiger partial charge in [0, 0.05) is 30.6 Å². The Morgan fingerprint density at radius 3 is 2.47 bits per heavy atom. The highest BCUT2D eigenvalue weighted by molar-refractivity contribution is 6.05. The third-order valence-electron chi connectivity index (χ3n) is 6.17. The van der Waals surface area contributed by atoms with Crippen LogP contribution < -0.4 is 22.1 Å². The highest BCUT2D eigenvalue weighted by Gasteiger charge is 2.40. The van der Waals surface area contributed by atoms with E-state index in [2.05, 4.69) is 10.6 Å². The smallest absolute Gasteiger partial charge is 0.328 e. The minimum atomic E-state index is -0.930. The van der Waals surface area contributed by atoms with Crippen LogP contribution in [0.5, 0.6) is 0 Å². The average Bonchev–Trinajstić information content (AvgIpc) is 3.45. The number of hydrogen-bond donors (Lipinski definition) is 4. The summed E-state index contributed by atoms with van der Waals surface area (Å²) in [6.45, 7) is 0.139. The Hall–Kier alpha value is -4.38. The monoisotopic (exact) mass is 492 g/mol. The molecule has 0 radical (unpaired) electrons. The van der Waals surface area contributed by atoms with Gasteiger partial charge in [-0.2, -0.15) is 0 Å². The van der Waals surface area contributed by atoms with E-state index in [1.54, 1.807) is 24.3 Å². The van der Waals surface area contributed by atoms with Crippen molar-refractivity contribution in [2.45, 2.75) is 31.0 Å². The molecule has 4 amide bonds. The predicted octanol–water partition coefficient (Wildman–Crippen LogP) is 1.40. The number of likely N-dealkylation sites (tertiary alicyclic amines) is 1. The first-order valence-corrected chi connectivity index (χ1v) is 11.4. The average molecular weight is 493 g/mol. The second-order valence-electron chi connectivity index (χ2n) is 8.64. The maximum absolute atomic E-state index is 13.2. The fourth-order valence-electron chi connectivity index (χ4n) is 4.44. The van der Waals surface area contributed by atoms with Gasteiger partial charge < -0.3 is 31.7 Å². The van der Waals surface area contributed by atoms with Crippen LogP contribution in [0.3, 0.4) is 0 Å². The number of rotatable bonds is 6. The molecule has 1 aromatic heterocycles. The first-order valence-electron chi connectivity index (χ1n) is 11.4. The fourth-order valence-corrected chi connectivity index (χ4v) is 4.44. The number of nitrogens with zero attached hydrogens (tertiary/aromatic N) is 2. The lowest BCUT2D eigenvalue weighted by molar-refractivity contribution is -0.145. The summed E-state index contributed by atoms with van der Waals surface area (Å²) in [5.74, 6) is -1.10. The molecule has 11 nitrogen and oxygen atoms in total. The number of esters is 1. The van der Waals surface area contributed by atoms with Gasteiger partial charge in [-0.1, -0.05) is 48.5 Å². The topological polar surface area (TPSA) is 162 Å². The number of para-hydroxylation sites is 1. The molecular weight excluding hydrogens is 464 g/mol. The van der Waals surface area contributed by atoms with Gasteiger partial charge in [-0.25, -0.2) is 14.4 Å². The van der Waals surface area contributed by atoms with E-state index in [0.717, 1.165) is 5.56 Å². The van der Waals surface area contributed by atoms with Crippen LogP contribution in [-0.2, 0) is 20.7 Å². The summed E-state index contributed by atoms with van der Waals surface area (Å²) in [5.41, 5.74) is 13.3. The molecule has 0 spiro atoms. The van der Waals surface area contributed by atoms with Crippen molar-refractivity contribution >= 4 is 40.5 Å². The van der Waals surface area contributed by atoms with Gasteiger partial charge >= 0.3 is 18.0 Å². The Labute approximate surface area is 207 Å². The Bertz CT molecular complexity index is 1290. The summed E-state index contributed by atoms with van der Waals surface area (Å²) < 4.78 is 6.11. The van der Waals surface area contributed by atoms with E-state index in [4.69, 9.17) is 16.2 Å². The standard InChI is InChI=1S/C25H28N6O5/c1-36-23(33)18(11-15-7-3-2-4-8-15)28-22(32)21-12-16(26)13-31(21)25(35)29-19-14-30(24(27)34)20-10-6-5-9-17(19)20/h2-10,14,16,18,21H,11-13,26H2,1H3,(H2,27,34)(H,28,32)(H,29,35)/t16-,18?,21-/m0/s1. The largest absolute Gasteiger partial charge is 0.467 e. The van der Waals surface area contributed by atoms with E-state index in [1.165, 1.54) is 22.8 Å². The number of primary amides is 1. The lowest BCUT2D eigenvalue weighted by atomic mass is 10.0. The van der Waals surface area contributed by atoms with Crippen molar-refractivity contribution in [1.82, 2.24) is 14.8 Å². The summed E-state index contributed by atoms with van der Waals surface area (Å²) in [4.78, 5) is 52.0. The zero-order chi connectivity index (χ0) is 25.8. The van der Waals surface area contributed by atoms with Crippen molar-refractivity contribution in [2.75, 3.05) is 19.0 Å². The molecule has 11 heteroatoms. The summed E-state index contributed by atoms with van der Waals surface area (Å²) in [6.07, 6.45) is 1.89. The maximum atomic E-state index is 13.2. The molecule has 1 unspecified atom stereocenters. The first kappa shape index (κ1) is 24.7. The van der Waals surface area contributed by atoms with Crippen LogP contribution in [0.4, 0.5) is 15.3 Å². The third kappa shape index (κ3) is 5.15. The number of nitrogens with two attached hydrogens (primary N) is 2. The van der Waals surface area contributed by atoms with E-state index < -0.39 is 42.1 Å². The van der Waals surface area contributed by atoms with Crippen LogP contribution in [0, 0.1) is 0 Å². The van der Waals surface area contributed by atoms with Crippen LogP contribution in [0.1, 0.15) is 12.0 Å². The molecule has 0 bridgehead atoms. The Kier molecular flexibility index (Phi) is 7.20. The Morgan fingerprint density at radius 2 is 1.78 bits per heavy atom. The van der Waals surface area contributed by atoms with Crippen molar-refractivity contribution in [3.05, 3.63) is 66.4 Å². The van der Waals surface area contributed by atoms with E-state index in [0.29, 0.717) is 16.6 Å². The van der Waals surface area contributed by atoms with Gasteiger partial charge in [0.15, 0.2) is 0 Å². The number of methoxy groups -OCH3 is 1. The van der Waals surface area contributed by atoms with Crippen LogP contribution in [0.2, 0.25) is 0 Å². The number of anilines is 1. The summed E-state index contributed by atoms with van der Waals surface area (Å²) in [5, 5.41) is 6.10. The van der Waals surface area contributed by atoms with E-state index in [-0.39, 0.29) is 19.4 Å². The lowest BCUT2D eigenvalue weighted by Crippen LogP contribution is -2.52. The molecule has 1 aliphatic heterocycles. The van der Waals surface area contributed by atoms with E-state index in [1.807, 2.05) is 30.3 Å². The van der Waals surface area contributed by atoms with Crippen LogP contribution >= 0.6 is 0 Å². The highest BCUT2D eigenvalue weighted by atomic mass is 16.5. The number of ether oxygens (including phenoxy) is 1. The second kappa shape index (κ2) is 10.5. The maximum Gasteiger partial charge on any atom is 0.328 e. The van der Waals surface area contributed by atoms with E-state index >= 15 is 0 Å². The number of carbonyl (C=O) groups excluding carboxylic acids is 4. The van der Waals surface area contributed by atoms with Gasteiger partial charge in [0.2, 0.25) is 5.91 Å². The molecule has 0 saturated carbocycles. The lowest BCUT2D eigenvalue weighted by Gasteiger charge is -2.26. The van der Waals surface area contributed by atoms with Gasteiger partial charge in [0.25, 0.3) is 0 Å². The van der Waals surface area contributed by atoms with Crippen molar-refractivity contribution in [2.24, 2.45) is 11.5 Å². The van der Waals surface area contributed by atoms with Gasteiger partial charge in [0.1, 0.15) is 12.1 Å². The van der Waals surface area contributed by atoms with Crippen LogP contribution in [0.15, 0.2) is 60.8 Å². The molecule has 4 rings (SSSR count). The number of nitrogens with one attached hydrogen (secondary N) is 2. The number of hydrogen-bond acceptors (Lipinski definition) is 6.